The number of amides is 1. The number of hydrogen-bond acceptors (Lipinski definition) is 5. The Morgan fingerprint density at radius 3 is 2.69 bits per heavy atom. The van der Waals surface area contributed by atoms with Gasteiger partial charge in [0.15, 0.2) is 16.0 Å². The molecule has 0 saturated heterocycles. The van der Waals surface area contributed by atoms with Crippen LogP contribution in [0.5, 0.6) is 11.5 Å². The summed E-state index contributed by atoms with van der Waals surface area (Å²) in [5.41, 5.74) is 3.19. The number of benzene rings is 2. The molecular formula is C21H18N4O3S. The van der Waals surface area contributed by atoms with Crippen molar-refractivity contribution in [3.63, 3.8) is 0 Å². The van der Waals surface area contributed by atoms with Gasteiger partial charge in [0.2, 0.25) is 0 Å². The van der Waals surface area contributed by atoms with Crippen LogP contribution in [-0.4, -0.2) is 24.8 Å². The Balaban J connectivity index is 1.30. The van der Waals surface area contributed by atoms with Gasteiger partial charge >= 0.3 is 0 Å². The predicted molar refractivity (Wildman–Crippen MR) is 109 cm³/mol. The SMILES string of the molecule is O=C1C=C(n2ncc3c2CN(Cc2cccc(Oc4ccccc4)c2)C3)S(=O)N1. The highest BCUT2D eigenvalue weighted by Crippen LogP contribution is 2.29. The lowest BCUT2D eigenvalue weighted by Crippen LogP contribution is -2.19. The van der Waals surface area contributed by atoms with Crippen molar-refractivity contribution >= 4 is 21.9 Å². The van der Waals surface area contributed by atoms with E-state index in [9.17, 15) is 9.00 Å². The van der Waals surface area contributed by atoms with Gasteiger partial charge in [-0.15, -0.1) is 0 Å². The minimum atomic E-state index is -1.56. The third-order valence-corrected chi connectivity index (χ3v) is 5.91. The van der Waals surface area contributed by atoms with Gasteiger partial charge in [0.05, 0.1) is 11.9 Å². The first kappa shape index (κ1) is 17.8. The van der Waals surface area contributed by atoms with E-state index in [1.807, 2.05) is 48.5 Å². The summed E-state index contributed by atoms with van der Waals surface area (Å²) in [6, 6.07) is 17.7. The van der Waals surface area contributed by atoms with Crippen LogP contribution in [0, 0.1) is 0 Å². The molecule has 0 fully saturated rings. The number of nitrogens with zero attached hydrogens (tertiary/aromatic N) is 3. The second-order valence-corrected chi connectivity index (χ2v) is 8.11. The van der Waals surface area contributed by atoms with Crippen LogP contribution >= 0.6 is 0 Å². The van der Waals surface area contributed by atoms with Gasteiger partial charge in [-0.05, 0) is 29.8 Å². The summed E-state index contributed by atoms with van der Waals surface area (Å²) in [5.74, 6) is 1.25. The Bertz CT molecular complexity index is 1140. The third kappa shape index (κ3) is 3.59. The minimum Gasteiger partial charge on any atom is -0.457 e. The molecule has 0 saturated carbocycles. The second-order valence-electron chi connectivity index (χ2n) is 6.95. The maximum absolute atomic E-state index is 12.1. The average molecular weight is 406 g/mol. The first-order valence-electron chi connectivity index (χ1n) is 9.20. The van der Waals surface area contributed by atoms with Gasteiger partial charge in [0.25, 0.3) is 5.91 Å². The molecule has 1 aromatic heterocycles. The summed E-state index contributed by atoms with van der Waals surface area (Å²) in [7, 11) is -1.56. The Labute approximate surface area is 170 Å². The van der Waals surface area contributed by atoms with Gasteiger partial charge in [-0.1, -0.05) is 30.3 Å². The molecule has 0 bridgehead atoms. The van der Waals surface area contributed by atoms with Crippen molar-refractivity contribution in [1.29, 1.82) is 0 Å². The number of carbonyl (C=O) groups is 1. The normalized spacial score (nSPS) is 18.4. The molecule has 1 unspecified atom stereocenters. The van der Waals surface area contributed by atoms with Crippen molar-refractivity contribution in [1.82, 2.24) is 19.4 Å². The highest BCUT2D eigenvalue weighted by molar-refractivity contribution is 7.93. The molecule has 0 radical (unpaired) electrons. The van der Waals surface area contributed by atoms with Gasteiger partial charge < -0.3 is 4.74 Å². The van der Waals surface area contributed by atoms with Crippen molar-refractivity contribution in [2.45, 2.75) is 19.6 Å². The monoisotopic (exact) mass is 406 g/mol. The quantitative estimate of drug-likeness (QED) is 0.705. The van der Waals surface area contributed by atoms with Gasteiger partial charge in [0.1, 0.15) is 11.5 Å². The van der Waals surface area contributed by atoms with Gasteiger partial charge in [-0.3, -0.25) is 14.4 Å². The van der Waals surface area contributed by atoms with E-state index in [4.69, 9.17) is 4.74 Å². The molecule has 7 nitrogen and oxygen atoms in total. The molecule has 1 N–H and O–H groups in total. The van der Waals surface area contributed by atoms with Crippen molar-refractivity contribution in [3.8, 4) is 11.5 Å². The van der Waals surface area contributed by atoms with E-state index < -0.39 is 11.0 Å². The van der Waals surface area contributed by atoms with E-state index in [1.165, 1.54) is 6.08 Å². The van der Waals surface area contributed by atoms with Gasteiger partial charge in [0, 0.05) is 31.3 Å². The molecule has 0 aliphatic carbocycles. The van der Waals surface area contributed by atoms with Crippen LogP contribution in [-0.2, 0) is 35.4 Å². The molecule has 146 valence electrons. The van der Waals surface area contributed by atoms with Crippen LogP contribution in [0.2, 0.25) is 0 Å². The lowest BCUT2D eigenvalue weighted by molar-refractivity contribution is -0.114. The average Bonchev–Trinajstić information content (AvgIpc) is 3.37. The molecule has 2 aliphatic rings. The van der Waals surface area contributed by atoms with E-state index in [1.54, 1.807) is 10.9 Å². The molecule has 29 heavy (non-hydrogen) atoms. The Hall–Kier alpha value is -3.23. The number of ether oxygens (including phenoxy) is 1. The maximum Gasteiger partial charge on any atom is 0.258 e. The number of para-hydroxylation sites is 1. The van der Waals surface area contributed by atoms with Crippen molar-refractivity contribution in [3.05, 3.63) is 83.7 Å². The zero-order chi connectivity index (χ0) is 19.8. The number of carbonyl (C=O) groups excluding carboxylic acids is 1. The lowest BCUT2D eigenvalue weighted by Gasteiger charge is -2.16. The largest absolute Gasteiger partial charge is 0.457 e. The molecule has 5 rings (SSSR count). The van der Waals surface area contributed by atoms with Crippen LogP contribution in [0.25, 0.3) is 5.03 Å². The number of hydrogen-bond donors (Lipinski definition) is 1. The fraction of sp³-hybridized carbons (Fsp3) is 0.143. The Morgan fingerprint density at radius 1 is 1.07 bits per heavy atom. The highest BCUT2D eigenvalue weighted by Gasteiger charge is 2.29. The van der Waals surface area contributed by atoms with Crippen molar-refractivity contribution in [2.24, 2.45) is 0 Å². The molecule has 3 aromatic rings. The lowest BCUT2D eigenvalue weighted by atomic mass is 10.2. The number of fused-ring (bicyclic) bond motifs is 1. The van der Waals surface area contributed by atoms with Crippen LogP contribution in [0.15, 0.2) is 66.9 Å². The van der Waals surface area contributed by atoms with E-state index in [-0.39, 0.29) is 5.91 Å². The predicted octanol–water partition coefficient (Wildman–Crippen LogP) is 2.78. The molecule has 0 spiro atoms. The van der Waals surface area contributed by atoms with Gasteiger partial charge in [-0.25, -0.2) is 8.89 Å². The summed E-state index contributed by atoms with van der Waals surface area (Å²) in [6.07, 6.45) is 3.13. The molecule has 3 heterocycles. The van der Waals surface area contributed by atoms with Crippen LogP contribution in [0.1, 0.15) is 16.8 Å². The summed E-state index contributed by atoms with van der Waals surface area (Å²) in [6.45, 7) is 2.17. The first-order chi connectivity index (χ1) is 14.2. The topological polar surface area (TPSA) is 76.5 Å². The van der Waals surface area contributed by atoms with E-state index >= 15 is 0 Å². The molecule has 1 amide bonds. The summed E-state index contributed by atoms with van der Waals surface area (Å²) < 4.78 is 22.0. The second kappa shape index (κ2) is 7.31. The van der Waals surface area contributed by atoms with Crippen molar-refractivity contribution in [2.75, 3.05) is 0 Å². The number of nitrogens with one attached hydrogen (secondary N) is 1. The fourth-order valence-electron chi connectivity index (χ4n) is 3.59. The third-order valence-electron chi connectivity index (χ3n) is 4.85. The van der Waals surface area contributed by atoms with Crippen molar-refractivity contribution < 1.29 is 13.7 Å². The summed E-state index contributed by atoms with van der Waals surface area (Å²) >= 11 is 0. The van der Waals surface area contributed by atoms with Crippen LogP contribution in [0.3, 0.4) is 0 Å². The zero-order valence-corrected chi connectivity index (χ0v) is 16.3. The number of rotatable bonds is 5. The molecule has 2 aliphatic heterocycles. The minimum absolute atomic E-state index is 0.354. The van der Waals surface area contributed by atoms with Crippen LogP contribution in [0.4, 0.5) is 0 Å². The molecule has 1 atom stereocenters. The first-order valence-corrected chi connectivity index (χ1v) is 10.3. The standard InChI is InChI=1S/C21H18N4O3S/c26-20-10-21(29(27)23-20)25-19-14-24(13-16(19)11-22-25)12-15-5-4-8-18(9-15)28-17-6-2-1-3-7-17/h1-11H,12-14H2,(H,23,26). The number of aromatic nitrogens is 2. The maximum atomic E-state index is 12.1. The van der Waals surface area contributed by atoms with Crippen LogP contribution < -0.4 is 9.46 Å². The van der Waals surface area contributed by atoms with E-state index in [2.05, 4.69) is 20.8 Å². The smallest absolute Gasteiger partial charge is 0.258 e. The molecule has 8 heteroatoms. The fourth-order valence-corrected chi connectivity index (χ4v) is 4.46. The van der Waals surface area contributed by atoms with E-state index in [0.717, 1.165) is 41.4 Å². The molecule has 2 aromatic carbocycles. The zero-order valence-electron chi connectivity index (χ0n) is 15.4. The summed E-state index contributed by atoms with van der Waals surface area (Å²) in [4.78, 5) is 13.8. The van der Waals surface area contributed by atoms with E-state index in [0.29, 0.717) is 11.6 Å². The highest BCUT2D eigenvalue weighted by atomic mass is 32.2. The summed E-state index contributed by atoms with van der Waals surface area (Å²) in [5, 5.41) is 4.71. The van der Waals surface area contributed by atoms with Gasteiger partial charge in [-0.2, -0.15) is 5.10 Å². The Morgan fingerprint density at radius 2 is 1.90 bits per heavy atom. The molecular weight excluding hydrogens is 388 g/mol. The Kier molecular flexibility index (Phi) is 4.49.